The summed E-state index contributed by atoms with van der Waals surface area (Å²) in [6.07, 6.45) is 8.06. The predicted molar refractivity (Wildman–Crippen MR) is 73.1 cm³/mol. The molecule has 3 heteroatoms. The van der Waals surface area contributed by atoms with Crippen LogP contribution in [-0.2, 0) is 0 Å². The molecule has 1 fully saturated rings. The number of rotatable bonds is 4. The van der Waals surface area contributed by atoms with Crippen LogP contribution >= 0.6 is 11.8 Å². The molecule has 0 saturated heterocycles. The highest BCUT2D eigenvalue weighted by atomic mass is 32.2. The molecule has 2 aliphatic rings. The summed E-state index contributed by atoms with van der Waals surface area (Å²) in [5, 5.41) is 5.58. The summed E-state index contributed by atoms with van der Waals surface area (Å²) in [6, 6.07) is 0.715. The number of nitrogens with zero attached hydrogens (tertiary/aromatic N) is 1. The quantitative estimate of drug-likeness (QED) is 0.814. The van der Waals surface area contributed by atoms with Gasteiger partial charge in [0.05, 0.1) is 6.54 Å². The van der Waals surface area contributed by atoms with E-state index in [2.05, 4.69) is 24.2 Å². The van der Waals surface area contributed by atoms with Crippen LogP contribution in [0.3, 0.4) is 0 Å². The molecule has 0 radical (unpaired) electrons. The summed E-state index contributed by atoms with van der Waals surface area (Å²) in [4.78, 5) is 4.67. The lowest BCUT2D eigenvalue weighted by atomic mass is 9.99. The lowest BCUT2D eigenvalue weighted by Gasteiger charge is -2.19. The molecule has 1 unspecified atom stereocenters. The molecule has 0 aromatic rings. The average Bonchev–Trinajstić information content (AvgIpc) is 2.93. The number of thioether (sulfide) groups is 1. The van der Waals surface area contributed by atoms with Crippen LogP contribution in [0.4, 0.5) is 0 Å². The summed E-state index contributed by atoms with van der Waals surface area (Å²) >= 11 is 1.99. The Bertz CT molecular complexity index is 242. The minimum atomic E-state index is 0.715. The normalized spacial score (nSPS) is 26.4. The highest BCUT2D eigenvalue weighted by Crippen LogP contribution is 2.31. The van der Waals surface area contributed by atoms with E-state index in [1.165, 1.54) is 43.7 Å². The zero-order valence-electron chi connectivity index (χ0n) is 10.5. The van der Waals surface area contributed by atoms with E-state index in [0.717, 1.165) is 17.7 Å². The van der Waals surface area contributed by atoms with Crippen molar-refractivity contribution < 1.29 is 0 Å². The van der Waals surface area contributed by atoms with Crippen molar-refractivity contribution in [2.75, 3.05) is 6.54 Å². The molecular formula is C13H24N2S. The van der Waals surface area contributed by atoms with Gasteiger partial charge in [0.2, 0.25) is 0 Å². The van der Waals surface area contributed by atoms with Crippen LogP contribution in [0.1, 0.15) is 52.4 Å². The summed E-state index contributed by atoms with van der Waals surface area (Å²) in [7, 11) is 0. The number of hydrogen-bond donors (Lipinski definition) is 1. The van der Waals surface area contributed by atoms with Crippen LogP contribution in [0.5, 0.6) is 0 Å². The van der Waals surface area contributed by atoms with Crippen molar-refractivity contribution >= 4 is 16.9 Å². The second-order valence-corrected chi connectivity index (χ2v) is 6.23. The van der Waals surface area contributed by atoms with Crippen molar-refractivity contribution in [3.8, 4) is 0 Å². The smallest absolute Gasteiger partial charge is 0.157 e. The fourth-order valence-electron chi connectivity index (χ4n) is 2.77. The van der Waals surface area contributed by atoms with Crippen molar-refractivity contribution in [2.45, 2.75) is 63.7 Å². The van der Waals surface area contributed by atoms with E-state index >= 15 is 0 Å². The third-order valence-corrected chi connectivity index (χ3v) is 5.24. The Morgan fingerprint density at radius 2 is 2.00 bits per heavy atom. The number of amidine groups is 1. The van der Waals surface area contributed by atoms with Gasteiger partial charge < -0.3 is 5.32 Å². The van der Waals surface area contributed by atoms with Gasteiger partial charge in [0.15, 0.2) is 5.17 Å². The number of nitrogens with one attached hydrogen (secondary N) is 1. The highest BCUT2D eigenvalue weighted by Gasteiger charge is 2.27. The molecule has 92 valence electrons. The Kier molecular flexibility index (Phi) is 4.56. The maximum absolute atomic E-state index is 4.67. The van der Waals surface area contributed by atoms with Gasteiger partial charge in [0, 0.05) is 11.3 Å². The van der Waals surface area contributed by atoms with E-state index in [9.17, 15) is 0 Å². The fourth-order valence-corrected chi connectivity index (χ4v) is 4.17. The number of aliphatic imine (C=N–C) groups is 1. The van der Waals surface area contributed by atoms with E-state index in [1.54, 1.807) is 0 Å². The first-order chi connectivity index (χ1) is 7.83. The molecule has 16 heavy (non-hydrogen) atoms. The van der Waals surface area contributed by atoms with Gasteiger partial charge in [-0.1, -0.05) is 51.3 Å². The molecule has 0 bridgehead atoms. The summed E-state index contributed by atoms with van der Waals surface area (Å²) in [5.74, 6) is 0.844. The second kappa shape index (κ2) is 5.95. The molecule has 1 atom stereocenters. The van der Waals surface area contributed by atoms with Gasteiger partial charge in [0.1, 0.15) is 0 Å². The molecule has 1 saturated carbocycles. The molecule has 1 aliphatic heterocycles. The zero-order chi connectivity index (χ0) is 11.4. The van der Waals surface area contributed by atoms with E-state index in [0.29, 0.717) is 6.04 Å². The van der Waals surface area contributed by atoms with Gasteiger partial charge in [-0.05, 0) is 18.8 Å². The summed E-state index contributed by atoms with van der Waals surface area (Å²) in [6.45, 7) is 5.64. The van der Waals surface area contributed by atoms with Crippen molar-refractivity contribution in [1.29, 1.82) is 0 Å². The topological polar surface area (TPSA) is 24.4 Å². The van der Waals surface area contributed by atoms with Gasteiger partial charge in [-0.15, -0.1) is 0 Å². The number of hydrogen-bond acceptors (Lipinski definition) is 3. The van der Waals surface area contributed by atoms with E-state index < -0.39 is 0 Å². The van der Waals surface area contributed by atoms with Crippen LogP contribution in [0.25, 0.3) is 0 Å². The van der Waals surface area contributed by atoms with Crippen LogP contribution in [0.15, 0.2) is 4.99 Å². The first-order valence-electron chi connectivity index (χ1n) is 6.81. The molecule has 2 nitrogen and oxygen atoms in total. The zero-order valence-corrected chi connectivity index (χ0v) is 11.4. The third-order valence-electron chi connectivity index (χ3n) is 3.94. The van der Waals surface area contributed by atoms with E-state index in [1.807, 2.05) is 11.8 Å². The monoisotopic (exact) mass is 240 g/mol. The van der Waals surface area contributed by atoms with Gasteiger partial charge in [0.25, 0.3) is 0 Å². The van der Waals surface area contributed by atoms with Crippen molar-refractivity contribution in [1.82, 2.24) is 5.32 Å². The molecule has 1 heterocycles. The first-order valence-corrected chi connectivity index (χ1v) is 7.69. The predicted octanol–water partition coefficient (Wildman–Crippen LogP) is 3.43. The highest BCUT2D eigenvalue weighted by molar-refractivity contribution is 8.14. The van der Waals surface area contributed by atoms with Crippen molar-refractivity contribution in [2.24, 2.45) is 10.9 Å². The molecule has 1 aliphatic carbocycles. The van der Waals surface area contributed by atoms with Crippen molar-refractivity contribution in [3.05, 3.63) is 0 Å². The minimum Gasteiger partial charge on any atom is -0.362 e. The standard InChI is InChI=1S/C13H24N2S/c1-3-10(4-2)12-9-14-13(16-12)15-11-7-5-6-8-11/h10-12H,3-9H2,1-2H3,(H,14,15). The molecule has 1 N–H and O–H groups in total. The summed E-state index contributed by atoms with van der Waals surface area (Å²) in [5.41, 5.74) is 0. The molecule has 0 aromatic heterocycles. The molecule has 0 spiro atoms. The Hall–Kier alpha value is -0.180. The maximum Gasteiger partial charge on any atom is 0.157 e. The Labute approximate surface area is 104 Å². The molecule has 0 amide bonds. The van der Waals surface area contributed by atoms with Gasteiger partial charge in [-0.3, -0.25) is 4.99 Å². The largest absolute Gasteiger partial charge is 0.362 e. The second-order valence-electron chi connectivity index (χ2n) is 5.00. The van der Waals surface area contributed by atoms with Gasteiger partial charge >= 0.3 is 0 Å². The third kappa shape index (κ3) is 2.93. The van der Waals surface area contributed by atoms with Crippen LogP contribution in [0.2, 0.25) is 0 Å². The Morgan fingerprint density at radius 1 is 1.31 bits per heavy atom. The van der Waals surface area contributed by atoms with Crippen LogP contribution < -0.4 is 5.32 Å². The van der Waals surface area contributed by atoms with Gasteiger partial charge in [-0.2, -0.15) is 0 Å². The molecular weight excluding hydrogens is 216 g/mol. The maximum atomic E-state index is 4.67. The van der Waals surface area contributed by atoms with Gasteiger partial charge in [-0.25, -0.2) is 0 Å². The Balaban J connectivity index is 1.77. The SMILES string of the molecule is CCC(CC)C1CN=C(NC2CCCC2)S1. The fraction of sp³-hybridized carbons (Fsp3) is 0.923. The van der Waals surface area contributed by atoms with Crippen LogP contribution in [0, 0.1) is 5.92 Å². The minimum absolute atomic E-state index is 0.715. The first kappa shape index (κ1) is 12.3. The average molecular weight is 240 g/mol. The Morgan fingerprint density at radius 3 is 2.62 bits per heavy atom. The van der Waals surface area contributed by atoms with Crippen LogP contribution in [-0.4, -0.2) is 23.0 Å². The van der Waals surface area contributed by atoms with E-state index in [-0.39, 0.29) is 0 Å². The van der Waals surface area contributed by atoms with Crippen molar-refractivity contribution in [3.63, 3.8) is 0 Å². The lowest BCUT2D eigenvalue weighted by Crippen LogP contribution is -2.30. The van der Waals surface area contributed by atoms with E-state index in [4.69, 9.17) is 0 Å². The lowest BCUT2D eigenvalue weighted by molar-refractivity contribution is 0.479. The molecule has 0 aromatic carbocycles. The summed E-state index contributed by atoms with van der Waals surface area (Å²) < 4.78 is 0. The molecule has 2 rings (SSSR count).